The number of esters is 1. The van der Waals surface area contributed by atoms with E-state index in [1.54, 1.807) is 13.1 Å². The van der Waals surface area contributed by atoms with Crippen molar-refractivity contribution in [2.75, 3.05) is 6.61 Å². The summed E-state index contributed by atoms with van der Waals surface area (Å²) < 4.78 is 5.19. The molecule has 5 nitrogen and oxygen atoms in total. The molecule has 2 N–H and O–H groups in total. The Balaban J connectivity index is 2.07. The van der Waals surface area contributed by atoms with Crippen molar-refractivity contribution in [1.29, 1.82) is 0 Å². The Kier molecular flexibility index (Phi) is 4.25. The molecule has 2 aromatic rings. The van der Waals surface area contributed by atoms with Gasteiger partial charge in [-0.05, 0) is 43.8 Å². The maximum absolute atomic E-state index is 12.3. The number of rotatable bonds is 3. The molecule has 1 aliphatic heterocycles. The Morgan fingerprint density at radius 2 is 2.17 bits per heavy atom. The SMILES string of the molecule is CCOC(=O)C1=C(C)NC(=S)NC1c1cnc2ccccc2c1. The predicted molar refractivity (Wildman–Crippen MR) is 92.7 cm³/mol. The third kappa shape index (κ3) is 3.03. The van der Waals surface area contributed by atoms with E-state index in [1.807, 2.05) is 37.3 Å². The standard InChI is InChI=1S/C17H17N3O2S/c1-3-22-16(21)14-10(2)19-17(23)20-15(14)12-8-11-6-4-5-7-13(11)18-9-12/h4-9,15H,3H2,1-2H3,(H2,19,20,23). The molecule has 0 saturated heterocycles. The number of ether oxygens (including phenoxy) is 1. The number of hydrogen-bond donors (Lipinski definition) is 2. The first-order chi connectivity index (χ1) is 11.1. The largest absolute Gasteiger partial charge is 0.463 e. The molecule has 23 heavy (non-hydrogen) atoms. The van der Waals surface area contributed by atoms with E-state index in [2.05, 4.69) is 15.6 Å². The zero-order valence-electron chi connectivity index (χ0n) is 12.9. The van der Waals surface area contributed by atoms with Gasteiger partial charge in [0, 0.05) is 17.3 Å². The predicted octanol–water partition coefficient (Wildman–Crippen LogP) is 2.59. The van der Waals surface area contributed by atoms with E-state index >= 15 is 0 Å². The van der Waals surface area contributed by atoms with Gasteiger partial charge in [0.15, 0.2) is 5.11 Å². The lowest BCUT2D eigenvalue weighted by Crippen LogP contribution is -2.45. The fraction of sp³-hybridized carbons (Fsp3) is 0.235. The van der Waals surface area contributed by atoms with Crippen LogP contribution in [-0.2, 0) is 9.53 Å². The smallest absolute Gasteiger partial charge is 0.338 e. The second kappa shape index (κ2) is 6.34. The first-order valence-corrected chi connectivity index (χ1v) is 7.81. The second-order valence-electron chi connectivity index (χ2n) is 5.25. The van der Waals surface area contributed by atoms with Crippen LogP contribution >= 0.6 is 12.2 Å². The normalized spacial score (nSPS) is 17.7. The van der Waals surface area contributed by atoms with Crippen LogP contribution < -0.4 is 10.6 Å². The number of thiocarbonyl (C=S) groups is 1. The molecule has 0 fully saturated rings. The molecule has 2 heterocycles. The molecule has 1 atom stereocenters. The van der Waals surface area contributed by atoms with Crippen LogP contribution in [0.4, 0.5) is 0 Å². The van der Waals surface area contributed by atoms with Crippen LogP contribution in [0, 0.1) is 0 Å². The molecule has 3 rings (SSSR count). The fourth-order valence-electron chi connectivity index (χ4n) is 2.67. The number of nitrogens with zero attached hydrogens (tertiary/aromatic N) is 1. The first kappa shape index (κ1) is 15.4. The van der Waals surface area contributed by atoms with Crippen LogP contribution in [-0.4, -0.2) is 22.7 Å². The number of pyridine rings is 1. The van der Waals surface area contributed by atoms with Crippen molar-refractivity contribution in [3.8, 4) is 0 Å². The van der Waals surface area contributed by atoms with Crippen molar-refractivity contribution in [3.63, 3.8) is 0 Å². The van der Waals surface area contributed by atoms with Gasteiger partial charge >= 0.3 is 5.97 Å². The monoisotopic (exact) mass is 327 g/mol. The summed E-state index contributed by atoms with van der Waals surface area (Å²) in [5.74, 6) is -0.356. The van der Waals surface area contributed by atoms with Gasteiger partial charge in [-0.1, -0.05) is 18.2 Å². The molecule has 0 saturated carbocycles. The lowest BCUT2D eigenvalue weighted by atomic mass is 9.96. The molecule has 0 spiro atoms. The summed E-state index contributed by atoms with van der Waals surface area (Å²) in [5.41, 5.74) is 3.00. The number of nitrogens with one attached hydrogen (secondary N) is 2. The molecule has 0 aliphatic carbocycles. The van der Waals surface area contributed by atoms with Crippen LogP contribution in [0.2, 0.25) is 0 Å². The van der Waals surface area contributed by atoms with Gasteiger partial charge in [0.05, 0.1) is 23.7 Å². The van der Waals surface area contributed by atoms with Crippen LogP contribution in [0.3, 0.4) is 0 Å². The summed E-state index contributed by atoms with van der Waals surface area (Å²) in [5, 5.41) is 7.61. The minimum Gasteiger partial charge on any atom is -0.463 e. The van der Waals surface area contributed by atoms with Gasteiger partial charge in [-0.15, -0.1) is 0 Å². The quantitative estimate of drug-likeness (QED) is 0.667. The Morgan fingerprint density at radius 1 is 1.39 bits per heavy atom. The summed E-state index contributed by atoms with van der Waals surface area (Å²) in [6, 6.07) is 9.49. The highest BCUT2D eigenvalue weighted by molar-refractivity contribution is 7.80. The molecule has 1 aliphatic rings. The highest BCUT2D eigenvalue weighted by Crippen LogP contribution is 2.28. The number of allylic oxidation sites excluding steroid dienone is 1. The molecule has 1 aromatic carbocycles. The van der Waals surface area contributed by atoms with Crippen molar-refractivity contribution in [1.82, 2.24) is 15.6 Å². The van der Waals surface area contributed by atoms with E-state index in [-0.39, 0.29) is 12.0 Å². The summed E-state index contributed by atoms with van der Waals surface area (Å²) >= 11 is 5.23. The van der Waals surface area contributed by atoms with Crippen LogP contribution in [0.25, 0.3) is 10.9 Å². The zero-order valence-corrected chi connectivity index (χ0v) is 13.7. The summed E-state index contributed by atoms with van der Waals surface area (Å²) in [6.45, 7) is 3.93. The summed E-state index contributed by atoms with van der Waals surface area (Å²) in [6.07, 6.45) is 1.76. The van der Waals surface area contributed by atoms with Crippen molar-refractivity contribution >= 4 is 34.2 Å². The molecule has 0 bridgehead atoms. The van der Waals surface area contributed by atoms with Gasteiger partial charge < -0.3 is 15.4 Å². The second-order valence-corrected chi connectivity index (χ2v) is 5.66. The molecule has 6 heteroatoms. The molecule has 0 amide bonds. The van der Waals surface area contributed by atoms with Crippen molar-refractivity contribution < 1.29 is 9.53 Å². The van der Waals surface area contributed by atoms with E-state index in [9.17, 15) is 4.79 Å². The van der Waals surface area contributed by atoms with Crippen LogP contribution in [0.1, 0.15) is 25.5 Å². The lowest BCUT2D eigenvalue weighted by molar-refractivity contribution is -0.139. The Labute approximate surface area is 139 Å². The Bertz CT molecular complexity index is 816. The number of carbonyl (C=O) groups excluding carboxylic acids is 1. The van der Waals surface area contributed by atoms with Crippen LogP contribution in [0.15, 0.2) is 47.8 Å². The summed E-state index contributed by atoms with van der Waals surface area (Å²) in [4.78, 5) is 16.8. The van der Waals surface area contributed by atoms with Gasteiger partial charge in [-0.25, -0.2) is 4.79 Å². The third-order valence-electron chi connectivity index (χ3n) is 3.71. The number of carbonyl (C=O) groups is 1. The average Bonchev–Trinajstić information content (AvgIpc) is 2.53. The van der Waals surface area contributed by atoms with E-state index < -0.39 is 0 Å². The van der Waals surface area contributed by atoms with Crippen molar-refractivity contribution in [2.45, 2.75) is 19.9 Å². The fourth-order valence-corrected chi connectivity index (χ4v) is 2.94. The molecular formula is C17H17N3O2S. The number of para-hydroxylation sites is 1. The first-order valence-electron chi connectivity index (χ1n) is 7.40. The van der Waals surface area contributed by atoms with Gasteiger partial charge in [0.25, 0.3) is 0 Å². The van der Waals surface area contributed by atoms with E-state index in [4.69, 9.17) is 17.0 Å². The zero-order chi connectivity index (χ0) is 16.4. The van der Waals surface area contributed by atoms with Gasteiger partial charge in [-0.2, -0.15) is 0 Å². The molecule has 0 radical (unpaired) electrons. The van der Waals surface area contributed by atoms with Gasteiger partial charge in [0.2, 0.25) is 0 Å². The number of aromatic nitrogens is 1. The van der Waals surface area contributed by atoms with E-state index in [0.29, 0.717) is 23.0 Å². The lowest BCUT2D eigenvalue weighted by Gasteiger charge is -2.29. The van der Waals surface area contributed by atoms with Crippen molar-refractivity contribution in [2.24, 2.45) is 0 Å². The number of hydrogen-bond acceptors (Lipinski definition) is 4. The highest BCUT2D eigenvalue weighted by atomic mass is 32.1. The number of fused-ring (bicyclic) bond motifs is 1. The van der Waals surface area contributed by atoms with Gasteiger partial charge in [-0.3, -0.25) is 4.98 Å². The molecule has 118 valence electrons. The maximum atomic E-state index is 12.3. The highest BCUT2D eigenvalue weighted by Gasteiger charge is 2.31. The Morgan fingerprint density at radius 3 is 2.96 bits per heavy atom. The third-order valence-corrected chi connectivity index (χ3v) is 3.93. The van der Waals surface area contributed by atoms with Crippen LogP contribution in [0.5, 0.6) is 0 Å². The Hall–Kier alpha value is -2.47. The van der Waals surface area contributed by atoms with Crippen molar-refractivity contribution in [3.05, 3.63) is 53.4 Å². The average molecular weight is 327 g/mol. The topological polar surface area (TPSA) is 63.2 Å². The summed E-state index contributed by atoms with van der Waals surface area (Å²) in [7, 11) is 0. The van der Waals surface area contributed by atoms with E-state index in [0.717, 1.165) is 16.5 Å². The minimum atomic E-state index is -0.375. The van der Waals surface area contributed by atoms with Gasteiger partial charge in [0.1, 0.15) is 0 Å². The molecule has 1 unspecified atom stereocenters. The molecule has 1 aromatic heterocycles. The minimum absolute atomic E-state index is 0.322. The molecular weight excluding hydrogens is 310 g/mol. The van der Waals surface area contributed by atoms with E-state index in [1.165, 1.54) is 0 Å². The number of benzene rings is 1. The maximum Gasteiger partial charge on any atom is 0.338 e.